The Labute approximate surface area is 194 Å². The molecule has 3 rings (SSSR count). The summed E-state index contributed by atoms with van der Waals surface area (Å²) in [4.78, 5) is 28.5. The van der Waals surface area contributed by atoms with Crippen LogP contribution in [0.25, 0.3) is 11.1 Å². The highest BCUT2D eigenvalue weighted by atomic mass is 32.2. The van der Waals surface area contributed by atoms with Crippen molar-refractivity contribution in [3.05, 3.63) is 42.5 Å². The topological polar surface area (TPSA) is 119 Å². The summed E-state index contributed by atoms with van der Waals surface area (Å²) in [5.74, 6) is -0.125. The minimum absolute atomic E-state index is 0.0480. The molecule has 178 valence electrons. The van der Waals surface area contributed by atoms with Gasteiger partial charge in [-0.2, -0.15) is 0 Å². The number of hydrogen-bond donors (Lipinski definition) is 1. The highest BCUT2D eigenvalue weighted by molar-refractivity contribution is 7.91. The van der Waals surface area contributed by atoms with E-state index >= 15 is 0 Å². The Balaban J connectivity index is 2.05. The van der Waals surface area contributed by atoms with E-state index in [1.54, 1.807) is 38.1 Å². The first-order valence-electron chi connectivity index (χ1n) is 10.6. The molecule has 1 unspecified atom stereocenters. The fourth-order valence-corrected chi connectivity index (χ4v) is 4.84. The Bertz CT molecular complexity index is 1130. The number of amides is 2. The predicted octanol–water partition coefficient (Wildman–Crippen LogP) is 3.41. The third-order valence-electron chi connectivity index (χ3n) is 5.27. The number of rotatable bonds is 5. The molecule has 2 amide bonds. The van der Waals surface area contributed by atoms with Gasteiger partial charge in [0, 0.05) is 6.54 Å². The fourth-order valence-electron chi connectivity index (χ4n) is 3.75. The third kappa shape index (κ3) is 5.12. The summed E-state index contributed by atoms with van der Waals surface area (Å²) in [5.41, 5.74) is 7.92. The van der Waals surface area contributed by atoms with Gasteiger partial charge in [0.15, 0.2) is 9.84 Å². The summed E-state index contributed by atoms with van der Waals surface area (Å²) in [6, 6.07) is 11.5. The highest BCUT2D eigenvalue weighted by Crippen LogP contribution is 2.39. The van der Waals surface area contributed by atoms with Crippen molar-refractivity contribution >= 4 is 33.4 Å². The van der Waals surface area contributed by atoms with Crippen molar-refractivity contribution < 1.29 is 27.5 Å². The lowest BCUT2D eigenvalue weighted by atomic mass is 10.0. The maximum Gasteiger partial charge on any atom is 0.414 e. The molecule has 0 spiro atoms. The van der Waals surface area contributed by atoms with Crippen LogP contribution < -0.4 is 15.5 Å². The van der Waals surface area contributed by atoms with E-state index in [1.807, 2.05) is 13.0 Å². The molecule has 0 fully saturated rings. The molecule has 0 radical (unpaired) electrons. The van der Waals surface area contributed by atoms with E-state index in [2.05, 4.69) is 0 Å². The minimum Gasteiger partial charge on any atom is -0.452 e. The average Bonchev–Trinajstić information content (AvgIpc) is 2.77. The van der Waals surface area contributed by atoms with E-state index in [1.165, 1.54) is 29.0 Å². The van der Waals surface area contributed by atoms with Gasteiger partial charge in [0.05, 0.1) is 47.8 Å². The van der Waals surface area contributed by atoms with Crippen LogP contribution in [0, 0.1) is 0 Å². The Morgan fingerprint density at radius 1 is 1.06 bits per heavy atom. The molecule has 0 bridgehead atoms. The monoisotopic (exact) mass is 475 g/mol. The van der Waals surface area contributed by atoms with Gasteiger partial charge in [0.1, 0.15) is 0 Å². The molecular weight excluding hydrogens is 446 g/mol. The van der Waals surface area contributed by atoms with E-state index in [0.717, 1.165) is 11.1 Å². The average molecular weight is 476 g/mol. The molecule has 0 saturated carbocycles. The lowest BCUT2D eigenvalue weighted by molar-refractivity contribution is 0.121. The standard InChI is InChI=1S/C23H29N3O6S/c1-15(2)32-22(27)25-14-16(3)26(23(28)31-4)20-10-7-18(13-21(20)25)17-5-8-19(9-6-17)33(29,30)12-11-24/h5-10,13,15-16H,11-12,14,24H2,1-4H3. The van der Waals surface area contributed by atoms with Crippen molar-refractivity contribution in [2.24, 2.45) is 5.73 Å². The van der Waals surface area contributed by atoms with Gasteiger partial charge in [-0.3, -0.25) is 9.80 Å². The van der Waals surface area contributed by atoms with Gasteiger partial charge in [-0.25, -0.2) is 18.0 Å². The zero-order chi connectivity index (χ0) is 24.3. The van der Waals surface area contributed by atoms with Crippen LogP contribution in [-0.2, 0) is 19.3 Å². The number of hydrogen-bond acceptors (Lipinski definition) is 7. The molecule has 1 heterocycles. The molecule has 0 saturated heterocycles. The first-order chi connectivity index (χ1) is 15.6. The van der Waals surface area contributed by atoms with E-state index < -0.39 is 22.0 Å². The minimum atomic E-state index is -3.43. The Morgan fingerprint density at radius 2 is 1.70 bits per heavy atom. The number of benzene rings is 2. The van der Waals surface area contributed by atoms with E-state index in [4.69, 9.17) is 15.2 Å². The van der Waals surface area contributed by atoms with Gasteiger partial charge in [-0.05, 0) is 56.2 Å². The van der Waals surface area contributed by atoms with Crippen molar-refractivity contribution in [3.63, 3.8) is 0 Å². The largest absolute Gasteiger partial charge is 0.452 e. The molecule has 2 aromatic carbocycles. The van der Waals surface area contributed by atoms with Gasteiger partial charge in [0.25, 0.3) is 0 Å². The number of carbonyl (C=O) groups is 2. The van der Waals surface area contributed by atoms with Crippen LogP contribution in [0.4, 0.5) is 21.0 Å². The Hall–Kier alpha value is -3.11. The summed E-state index contributed by atoms with van der Waals surface area (Å²) >= 11 is 0. The van der Waals surface area contributed by atoms with Crippen LogP contribution in [0.2, 0.25) is 0 Å². The van der Waals surface area contributed by atoms with Crippen LogP contribution in [0.3, 0.4) is 0 Å². The molecular formula is C23H29N3O6S. The maximum absolute atomic E-state index is 12.8. The molecule has 0 aromatic heterocycles. The summed E-state index contributed by atoms with van der Waals surface area (Å²) in [6.07, 6.45) is -1.34. The maximum atomic E-state index is 12.8. The van der Waals surface area contributed by atoms with Crippen molar-refractivity contribution in [2.75, 3.05) is 35.8 Å². The Kier molecular flexibility index (Phi) is 7.28. The van der Waals surface area contributed by atoms with Crippen LogP contribution in [0.5, 0.6) is 0 Å². The second-order valence-corrected chi connectivity index (χ2v) is 10.2. The summed E-state index contributed by atoms with van der Waals surface area (Å²) in [6.45, 7) is 5.64. The fraction of sp³-hybridized carbons (Fsp3) is 0.391. The number of nitrogens with zero attached hydrogens (tertiary/aromatic N) is 2. The normalized spacial score (nSPS) is 15.9. The molecule has 9 nitrogen and oxygen atoms in total. The molecule has 33 heavy (non-hydrogen) atoms. The summed E-state index contributed by atoms with van der Waals surface area (Å²) < 4.78 is 34.9. The zero-order valence-electron chi connectivity index (χ0n) is 19.1. The van der Waals surface area contributed by atoms with Crippen LogP contribution in [-0.4, -0.2) is 58.7 Å². The second-order valence-electron chi connectivity index (χ2n) is 8.07. The first kappa shape index (κ1) is 24.5. The molecule has 1 aliphatic rings. The zero-order valence-corrected chi connectivity index (χ0v) is 20.0. The molecule has 0 aliphatic carbocycles. The van der Waals surface area contributed by atoms with E-state index in [9.17, 15) is 18.0 Å². The molecule has 2 aromatic rings. The third-order valence-corrected chi connectivity index (χ3v) is 7.04. The molecule has 1 aliphatic heterocycles. The summed E-state index contributed by atoms with van der Waals surface area (Å²) in [5, 5.41) is 0. The lowest BCUT2D eigenvalue weighted by Crippen LogP contribution is -2.52. The van der Waals surface area contributed by atoms with Gasteiger partial charge >= 0.3 is 12.2 Å². The second kappa shape index (κ2) is 9.80. The summed E-state index contributed by atoms with van der Waals surface area (Å²) in [7, 11) is -2.13. The van der Waals surface area contributed by atoms with Crippen molar-refractivity contribution in [1.82, 2.24) is 0 Å². The number of methoxy groups -OCH3 is 1. The van der Waals surface area contributed by atoms with E-state index in [-0.39, 0.29) is 35.9 Å². The smallest absolute Gasteiger partial charge is 0.414 e. The number of anilines is 2. The molecule has 10 heteroatoms. The van der Waals surface area contributed by atoms with Gasteiger partial charge < -0.3 is 15.2 Å². The Morgan fingerprint density at radius 3 is 2.27 bits per heavy atom. The number of nitrogens with two attached hydrogens (primary N) is 1. The van der Waals surface area contributed by atoms with Crippen LogP contribution in [0.1, 0.15) is 20.8 Å². The van der Waals surface area contributed by atoms with Gasteiger partial charge in [0.2, 0.25) is 0 Å². The van der Waals surface area contributed by atoms with Crippen LogP contribution in [0.15, 0.2) is 47.4 Å². The van der Waals surface area contributed by atoms with Crippen molar-refractivity contribution in [1.29, 1.82) is 0 Å². The first-order valence-corrected chi connectivity index (χ1v) is 12.3. The molecule has 2 N–H and O–H groups in total. The van der Waals surface area contributed by atoms with Gasteiger partial charge in [-0.15, -0.1) is 0 Å². The number of fused-ring (bicyclic) bond motifs is 1. The van der Waals surface area contributed by atoms with E-state index in [0.29, 0.717) is 11.4 Å². The van der Waals surface area contributed by atoms with Crippen molar-refractivity contribution in [2.45, 2.75) is 37.8 Å². The quantitative estimate of drug-likeness (QED) is 0.704. The number of sulfone groups is 1. The predicted molar refractivity (Wildman–Crippen MR) is 126 cm³/mol. The number of carbonyl (C=O) groups excluding carboxylic acids is 2. The van der Waals surface area contributed by atoms with Gasteiger partial charge in [-0.1, -0.05) is 18.2 Å². The number of ether oxygens (including phenoxy) is 2. The SMILES string of the molecule is COC(=O)N1c2ccc(-c3ccc(S(=O)(=O)CCN)cc3)cc2N(C(=O)OC(C)C)CC1C. The lowest BCUT2D eigenvalue weighted by Gasteiger charge is -2.40. The van der Waals surface area contributed by atoms with Crippen LogP contribution >= 0.6 is 0 Å². The van der Waals surface area contributed by atoms with Crippen molar-refractivity contribution in [3.8, 4) is 11.1 Å². The molecule has 1 atom stereocenters. The highest BCUT2D eigenvalue weighted by Gasteiger charge is 2.36.